The predicted octanol–water partition coefficient (Wildman–Crippen LogP) is 3.07. The number of piperidine rings is 1. The van der Waals surface area contributed by atoms with Crippen molar-refractivity contribution in [3.63, 3.8) is 0 Å². The fourth-order valence-corrected chi connectivity index (χ4v) is 4.55. The van der Waals surface area contributed by atoms with E-state index in [-0.39, 0.29) is 5.91 Å². The quantitative estimate of drug-likeness (QED) is 0.861. The molecule has 2 heterocycles. The zero-order chi connectivity index (χ0) is 17.9. The highest BCUT2D eigenvalue weighted by Gasteiger charge is 2.43. The van der Waals surface area contributed by atoms with E-state index in [1.54, 1.807) is 6.20 Å². The average molecular weight is 347 g/mol. The number of nitrogens with one attached hydrogen (secondary N) is 2. The second-order valence-electron chi connectivity index (χ2n) is 8.60. The Balaban J connectivity index is 1.63. The molecule has 2 N–H and O–H groups in total. The van der Waals surface area contributed by atoms with Crippen LogP contribution in [0.5, 0.6) is 0 Å². The molecular formula is C20H34N4O. The van der Waals surface area contributed by atoms with Crippen LogP contribution in [0.2, 0.25) is 0 Å². The first-order valence-electron chi connectivity index (χ1n) is 10.00. The van der Waals surface area contributed by atoms with E-state index in [2.05, 4.69) is 36.5 Å². The Bertz CT molecular complexity index is 552. The number of hydrogen-bond acceptors (Lipinski definition) is 3. The summed E-state index contributed by atoms with van der Waals surface area (Å²) in [4.78, 5) is 13.2. The minimum absolute atomic E-state index is 0.163. The van der Waals surface area contributed by atoms with Gasteiger partial charge in [0.25, 0.3) is 0 Å². The van der Waals surface area contributed by atoms with E-state index >= 15 is 0 Å². The van der Waals surface area contributed by atoms with Crippen molar-refractivity contribution in [3.8, 4) is 0 Å². The molecule has 140 valence electrons. The van der Waals surface area contributed by atoms with Gasteiger partial charge in [-0.3, -0.25) is 9.48 Å². The fraction of sp³-hybridized carbons (Fsp3) is 0.800. The molecule has 2 fully saturated rings. The van der Waals surface area contributed by atoms with Crippen molar-refractivity contribution in [1.82, 2.24) is 20.4 Å². The molecule has 2 aliphatic rings. The number of carbonyl (C=O) groups is 1. The summed E-state index contributed by atoms with van der Waals surface area (Å²) in [6.45, 7) is 8.80. The van der Waals surface area contributed by atoms with Crippen LogP contribution < -0.4 is 10.6 Å². The molecule has 1 aliphatic carbocycles. The minimum atomic E-state index is -0.520. The zero-order valence-electron chi connectivity index (χ0n) is 16.1. The number of rotatable bonds is 5. The summed E-state index contributed by atoms with van der Waals surface area (Å²) in [5.74, 6) is 0.945. The second-order valence-corrected chi connectivity index (χ2v) is 8.60. The minimum Gasteiger partial charge on any atom is -0.351 e. The van der Waals surface area contributed by atoms with Gasteiger partial charge in [-0.15, -0.1) is 0 Å². The topological polar surface area (TPSA) is 59.0 Å². The first kappa shape index (κ1) is 18.4. The van der Waals surface area contributed by atoms with E-state index in [9.17, 15) is 4.79 Å². The second kappa shape index (κ2) is 7.48. The highest BCUT2D eigenvalue weighted by molar-refractivity contribution is 5.84. The van der Waals surface area contributed by atoms with E-state index in [4.69, 9.17) is 0 Å². The SMILES string of the molecule is CCC(C)(C)C1CCC(NC(=O)C2(n3cccn3)CCNCC2)CC1. The van der Waals surface area contributed by atoms with Crippen LogP contribution >= 0.6 is 0 Å². The standard InChI is InChI=1S/C20H34N4O/c1-4-19(2,3)16-6-8-17(9-7-16)23-18(25)20(10-13-21-14-11-20)24-15-5-12-22-24/h5,12,15-17,21H,4,6-11,13-14H2,1-3H3,(H,23,25). The number of carbonyl (C=O) groups excluding carboxylic acids is 1. The Morgan fingerprint density at radius 1 is 1.28 bits per heavy atom. The van der Waals surface area contributed by atoms with E-state index < -0.39 is 5.54 Å². The number of nitrogens with zero attached hydrogens (tertiary/aromatic N) is 2. The van der Waals surface area contributed by atoms with Gasteiger partial charge in [-0.25, -0.2) is 0 Å². The van der Waals surface area contributed by atoms with Gasteiger partial charge in [0, 0.05) is 18.4 Å². The summed E-state index contributed by atoms with van der Waals surface area (Å²) in [5, 5.41) is 11.2. The van der Waals surface area contributed by atoms with Gasteiger partial charge in [0.05, 0.1) is 0 Å². The predicted molar refractivity (Wildman–Crippen MR) is 100 cm³/mol. The van der Waals surface area contributed by atoms with Crippen LogP contribution in [-0.2, 0) is 10.3 Å². The molecular weight excluding hydrogens is 312 g/mol. The van der Waals surface area contributed by atoms with Crippen molar-refractivity contribution >= 4 is 5.91 Å². The molecule has 5 heteroatoms. The zero-order valence-corrected chi connectivity index (χ0v) is 16.1. The highest BCUT2D eigenvalue weighted by atomic mass is 16.2. The Kier molecular flexibility index (Phi) is 5.52. The van der Waals surface area contributed by atoms with Gasteiger partial charge in [0.1, 0.15) is 5.54 Å². The van der Waals surface area contributed by atoms with E-state index in [0.717, 1.165) is 44.7 Å². The third-order valence-electron chi connectivity index (χ3n) is 6.88. The van der Waals surface area contributed by atoms with Crippen molar-refractivity contribution in [1.29, 1.82) is 0 Å². The van der Waals surface area contributed by atoms with Crippen molar-refractivity contribution in [2.45, 2.75) is 77.3 Å². The Hall–Kier alpha value is -1.36. The monoisotopic (exact) mass is 346 g/mol. The average Bonchev–Trinajstić information content (AvgIpc) is 3.18. The number of aromatic nitrogens is 2. The van der Waals surface area contributed by atoms with Gasteiger partial charge < -0.3 is 10.6 Å². The van der Waals surface area contributed by atoms with Gasteiger partial charge >= 0.3 is 0 Å². The molecule has 1 saturated carbocycles. The maximum absolute atomic E-state index is 13.2. The lowest BCUT2D eigenvalue weighted by Crippen LogP contribution is -2.56. The van der Waals surface area contributed by atoms with Crippen molar-refractivity contribution < 1.29 is 4.79 Å². The smallest absolute Gasteiger partial charge is 0.248 e. The normalized spacial score (nSPS) is 27.0. The maximum atomic E-state index is 13.2. The molecule has 5 nitrogen and oxygen atoms in total. The number of hydrogen-bond donors (Lipinski definition) is 2. The number of amides is 1. The van der Waals surface area contributed by atoms with Gasteiger partial charge in [0.2, 0.25) is 5.91 Å². The first-order chi connectivity index (χ1) is 12.0. The molecule has 1 aromatic heterocycles. The molecule has 0 bridgehead atoms. The van der Waals surface area contributed by atoms with E-state index in [1.165, 1.54) is 19.3 Å². The Morgan fingerprint density at radius 3 is 2.52 bits per heavy atom. The fourth-order valence-electron chi connectivity index (χ4n) is 4.55. The van der Waals surface area contributed by atoms with Gasteiger partial charge in [0.15, 0.2) is 0 Å². The maximum Gasteiger partial charge on any atom is 0.248 e. The molecule has 1 aliphatic heterocycles. The summed E-state index contributed by atoms with van der Waals surface area (Å²) in [7, 11) is 0. The Labute approximate surface area is 151 Å². The molecule has 0 atom stereocenters. The molecule has 1 aromatic rings. The van der Waals surface area contributed by atoms with Crippen molar-refractivity contribution in [2.24, 2.45) is 11.3 Å². The lowest BCUT2D eigenvalue weighted by atomic mass is 9.69. The van der Waals surface area contributed by atoms with Crippen molar-refractivity contribution in [2.75, 3.05) is 13.1 Å². The summed E-state index contributed by atoms with van der Waals surface area (Å²) >= 11 is 0. The van der Waals surface area contributed by atoms with Crippen LogP contribution in [-0.4, -0.2) is 34.8 Å². The lowest BCUT2D eigenvalue weighted by molar-refractivity contribution is -0.133. The lowest BCUT2D eigenvalue weighted by Gasteiger charge is -2.41. The van der Waals surface area contributed by atoms with E-state index in [0.29, 0.717) is 11.5 Å². The molecule has 0 unspecified atom stereocenters. The van der Waals surface area contributed by atoms with Crippen LogP contribution in [0.3, 0.4) is 0 Å². The van der Waals surface area contributed by atoms with Gasteiger partial charge in [-0.1, -0.05) is 27.2 Å². The summed E-state index contributed by atoms with van der Waals surface area (Å²) < 4.78 is 1.88. The van der Waals surface area contributed by atoms with Gasteiger partial charge in [-0.05, 0) is 69.0 Å². The molecule has 0 spiro atoms. The molecule has 25 heavy (non-hydrogen) atoms. The molecule has 0 radical (unpaired) electrons. The Morgan fingerprint density at radius 2 is 1.96 bits per heavy atom. The molecule has 0 aromatic carbocycles. The van der Waals surface area contributed by atoms with Gasteiger partial charge in [-0.2, -0.15) is 5.10 Å². The van der Waals surface area contributed by atoms with Crippen LogP contribution in [0.15, 0.2) is 18.5 Å². The van der Waals surface area contributed by atoms with Crippen LogP contribution in [0.25, 0.3) is 0 Å². The van der Waals surface area contributed by atoms with E-state index in [1.807, 2.05) is 16.9 Å². The molecule has 3 rings (SSSR count). The first-order valence-corrected chi connectivity index (χ1v) is 10.00. The van der Waals surface area contributed by atoms with Crippen molar-refractivity contribution in [3.05, 3.63) is 18.5 Å². The van der Waals surface area contributed by atoms with Crippen LogP contribution in [0, 0.1) is 11.3 Å². The highest BCUT2D eigenvalue weighted by Crippen LogP contribution is 2.40. The largest absolute Gasteiger partial charge is 0.351 e. The molecule has 1 amide bonds. The summed E-state index contributed by atoms with van der Waals surface area (Å²) in [6, 6.07) is 2.23. The summed E-state index contributed by atoms with van der Waals surface area (Å²) in [5.41, 5.74) is -0.103. The summed E-state index contributed by atoms with van der Waals surface area (Å²) in [6.07, 6.45) is 11.2. The van der Waals surface area contributed by atoms with Crippen LogP contribution in [0.4, 0.5) is 0 Å². The molecule has 1 saturated heterocycles. The third-order valence-corrected chi connectivity index (χ3v) is 6.88. The van der Waals surface area contributed by atoms with Crippen LogP contribution in [0.1, 0.15) is 65.7 Å². The third kappa shape index (κ3) is 3.76.